The Bertz CT molecular complexity index is 972. The van der Waals surface area contributed by atoms with Crippen LogP contribution in [-0.2, 0) is 6.18 Å². The monoisotopic (exact) mass is 447 g/mol. The van der Waals surface area contributed by atoms with Crippen molar-refractivity contribution in [2.75, 3.05) is 18.4 Å². The van der Waals surface area contributed by atoms with E-state index in [1.807, 2.05) is 0 Å². The summed E-state index contributed by atoms with van der Waals surface area (Å²) in [6, 6.07) is 8.08. The molecule has 0 unspecified atom stereocenters. The Morgan fingerprint density at radius 3 is 2.38 bits per heavy atom. The number of halogens is 5. The highest BCUT2D eigenvalue weighted by Crippen LogP contribution is 2.33. The van der Waals surface area contributed by atoms with Crippen LogP contribution in [0.15, 0.2) is 42.6 Å². The van der Waals surface area contributed by atoms with Gasteiger partial charge in [0.05, 0.1) is 17.7 Å². The molecule has 3 N–H and O–H groups in total. The quantitative estimate of drug-likeness (QED) is 0.571. The molecule has 1 aliphatic heterocycles. The number of pyridine rings is 1. The summed E-state index contributed by atoms with van der Waals surface area (Å²) in [5.41, 5.74) is 0.786. The van der Waals surface area contributed by atoms with Crippen LogP contribution < -0.4 is 10.6 Å². The van der Waals surface area contributed by atoms with Crippen LogP contribution in [0.25, 0.3) is 22.2 Å². The van der Waals surface area contributed by atoms with Crippen molar-refractivity contribution in [1.29, 1.82) is 0 Å². The second kappa shape index (κ2) is 9.08. The average molecular weight is 448 g/mol. The Kier molecular flexibility index (Phi) is 7.23. The lowest BCUT2D eigenvalue weighted by molar-refractivity contribution is -0.137. The number of nitrogens with one attached hydrogen (secondary N) is 2. The minimum atomic E-state index is -4.39. The van der Waals surface area contributed by atoms with E-state index in [9.17, 15) is 18.3 Å². The smallest absolute Gasteiger partial charge is 0.390 e. The minimum Gasteiger partial charge on any atom is -0.390 e. The Morgan fingerprint density at radius 1 is 1.03 bits per heavy atom. The van der Waals surface area contributed by atoms with Gasteiger partial charge >= 0.3 is 6.18 Å². The molecule has 3 heterocycles. The summed E-state index contributed by atoms with van der Waals surface area (Å²) in [5.74, 6) is 0.425. The van der Waals surface area contributed by atoms with Crippen LogP contribution in [0.5, 0.6) is 0 Å². The Labute approximate surface area is 176 Å². The number of aliphatic hydroxyl groups excluding tert-OH is 1. The third kappa shape index (κ3) is 4.69. The van der Waals surface area contributed by atoms with Gasteiger partial charge < -0.3 is 15.7 Å². The van der Waals surface area contributed by atoms with Gasteiger partial charge in [-0.3, -0.25) is 4.98 Å². The standard InChI is InChI=1S/C18H16F3N5O.2ClH/c19-18(20,21)11-5-3-10(4-6-11)15-12-2-1-7-23-16(12)17(26-25-15)24-13-8-22-9-14(13)27;;/h1-7,13-14,22,27H,8-9H2,(H,24,26);2*1H/t13-,14+;;/m1../s1. The summed E-state index contributed by atoms with van der Waals surface area (Å²) in [5, 5.41) is 25.2. The Morgan fingerprint density at radius 2 is 1.76 bits per heavy atom. The maximum atomic E-state index is 12.8. The van der Waals surface area contributed by atoms with E-state index in [4.69, 9.17) is 0 Å². The van der Waals surface area contributed by atoms with Gasteiger partial charge in [-0.25, -0.2) is 0 Å². The molecule has 1 aromatic carbocycles. The van der Waals surface area contributed by atoms with Gasteiger partial charge in [0.1, 0.15) is 11.2 Å². The number of anilines is 1. The molecule has 2 atom stereocenters. The first-order chi connectivity index (χ1) is 12.9. The lowest BCUT2D eigenvalue weighted by Crippen LogP contribution is -2.32. The van der Waals surface area contributed by atoms with Crippen LogP contribution in [-0.4, -0.2) is 45.5 Å². The normalized spacial score (nSPS) is 18.8. The fraction of sp³-hybridized carbons (Fsp3) is 0.278. The lowest BCUT2D eigenvalue weighted by atomic mass is 10.0. The number of fused-ring (bicyclic) bond motifs is 1. The summed E-state index contributed by atoms with van der Waals surface area (Å²) < 4.78 is 38.3. The number of aromatic nitrogens is 3. The molecule has 29 heavy (non-hydrogen) atoms. The van der Waals surface area contributed by atoms with E-state index >= 15 is 0 Å². The van der Waals surface area contributed by atoms with Crippen molar-refractivity contribution in [3.63, 3.8) is 0 Å². The molecule has 11 heteroatoms. The Balaban J connectivity index is 0.00000150. The number of alkyl halides is 3. The minimum absolute atomic E-state index is 0. The Hall–Kier alpha value is -2.20. The largest absolute Gasteiger partial charge is 0.416 e. The molecule has 0 saturated carbocycles. The summed E-state index contributed by atoms with van der Waals surface area (Å²) >= 11 is 0. The summed E-state index contributed by atoms with van der Waals surface area (Å²) in [7, 11) is 0. The van der Waals surface area contributed by atoms with Gasteiger partial charge in [-0.15, -0.1) is 35.0 Å². The highest BCUT2D eigenvalue weighted by atomic mass is 35.5. The third-order valence-electron chi connectivity index (χ3n) is 4.53. The van der Waals surface area contributed by atoms with Gasteiger partial charge in [0.25, 0.3) is 0 Å². The first-order valence-electron chi connectivity index (χ1n) is 8.38. The predicted octanol–water partition coefficient (Wildman–Crippen LogP) is 3.30. The van der Waals surface area contributed by atoms with Crippen molar-refractivity contribution in [3.05, 3.63) is 48.2 Å². The van der Waals surface area contributed by atoms with E-state index in [1.54, 1.807) is 18.3 Å². The van der Waals surface area contributed by atoms with Crippen molar-refractivity contribution < 1.29 is 18.3 Å². The van der Waals surface area contributed by atoms with Crippen molar-refractivity contribution in [1.82, 2.24) is 20.5 Å². The zero-order valence-corrected chi connectivity index (χ0v) is 16.5. The van der Waals surface area contributed by atoms with Gasteiger partial charge in [-0.2, -0.15) is 13.2 Å². The molecule has 6 nitrogen and oxygen atoms in total. The molecule has 2 aromatic heterocycles. The molecule has 156 valence electrons. The van der Waals surface area contributed by atoms with Crippen LogP contribution in [0.3, 0.4) is 0 Å². The number of hydrogen-bond donors (Lipinski definition) is 3. The average Bonchev–Trinajstić information content (AvgIpc) is 3.06. The number of rotatable bonds is 3. The molecule has 1 fully saturated rings. The van der Waals surface area contributed by atoms with Crippen LogP contribution in [0.4, 0.5) is 19.0 Å². The number of β-amino-alcohol motifs (C(OH)–C–C–N with tert-alkyl or cyclic N) is 1. The molecular weight excluding hydrogens is 430 g/mol. The molecule has 0 bridgehead atoms. The first-order valence-corrected chi connectivity index (χ1v) is 8.38. The third-order valence-corrected chi connectivity index (χ3v) is 4.53. The number of nitrogens with zero attached hydrogens (tertiary/aromatic N) is 3. The summed E-state index contributed by atoms with van der Waals surface area (Å²) in [6.45, 7) is 1.07. The highest BCUT2D eigenvalue weighted by molar-refractivity contribution is 5.97. The molecule has 3 aromatic rings. The fourth-order valence-electron chi connectivity index (χ4n) is 3.10. The maximum Gasteiger partial charge on any atom is 0.416 e. The fourth-order valence-corrected chi connectivity index (χ4v) is 3.10. The van der Waals surface area contributed by atoms with Gasteiger partial charge in [0, 0.05) is 30.2 Å². The van der Waals surface area contributed by atoms with E-state index in [-0.39, 0.29) is 30.9 Å². The van der Waals surface area contributed by atoms with Crippen LogP contribution >= 0.6 is 24.8 Å². The van der Waals surface area contributed by atoms with Gasteiger partial charge in [-0.1, -0.05) is 12.1 Å². The predicted molar refractivity (Wildman–Crippen MR) is 109 cm³/mol. The van der Waals surface area contributed by atoms with E-state index in [0.29, 0.717) is 41.1 Å². The van der Waals surface area contributed by atoms with Gasteiger partial charge in [0.15, 0.2) is 5.82 Å². The maximum absolute atomic E-state index is 12.8. The topological polar surface area (TPSA) is 83.0 Å². The van der Waals surface area contributed by atoms with Crippen molar-refractivity contribution in [2.24, 2.45) is 0 Å². The van der Waals surface area contributed by atoms with E-state index in [1.165, 1.54) is 12.1 Å². The molecule has 0 spiro atoms. The first kappa shape index (κ1) is 23.1. The van der Waals surface area contributed by atoms with Gasteiger partial charge in [0.2, 0.25) is 0 Å². The molecule has 0 radical (unpaired) electrons. The second-order valence-electron chi connectivity index (χ2n) is 6.35. The van der Waals surface area contributed by atoms with Crippen molar-refractivity contribution >= 4 is 41.5 Å². The number of hydrogen-bond acceptors (Lipinski definition) is 6. The second-order valence-corrected chi connectivity index (χ2v) is 6.35. The van der Waals surface area contributed by atoms with E-state index in [0.717, 1.165) is 12.1 Å². The molecule has 1 aliphatic rings. The lowest BCUT2D eigenvalue weighted by Gasteiger charge is -2.17. The molecule has 1 saturated heterocycles. The summed E-state index contributed by atoms with van der Waals surface area (Å²) in [4.78, 5) is 4.34. The van der Waals surface area contributed by atoms with Gasteiger partial charge in [-0.05, 0) is 24.3 Å². The van der Waals surface area contributed by atoms with Crippen LogP contribution in [0.1, 0.15) is 5.56 Å². The molecule has 0 amide bonds. The summed E-state index contributed by atoms with van der Waals surface area (Å²) in [6.07, 6.45) is -3.34. The van der Waals surface area contributed by atoms with E-state index < -0.39 is 17.8 Å². The van der Waals surface area contributed by atoms with E-state index in [2.05, 4.69) is 25.8 Å². The SMILES string of the molecule is Cl.Cl.O[C@H]1CNC[C@H]1Nc1nnc(-c2ccc(C(F)(F)F)cc2)c2cccnc12. The number of aliphatic hydroxyl groups is 1. The number of benzene rings is 1. The molecular formula is C18H18Cl2F3N5O. The molecule has 0 aliphatic carbocycles. The van der Waals surface area contributed by atoms with Crippen molar-refractivity contribution in [3.8, 4) is 11.3 Å². The van der Waals surface area contributed by atoms with Crippen LogP contribution in [0.2, 0.25) is 0 Å². The highest BCUT2D eigenvalue weighted by Gasteiger charge is 2.30. The van der Waals surface area contributed by atoms with Crippen LogP contribution in [0, 0.1) is 0 Å². The zero-order chi connectivity index (χ0) is 19.0. The van der Waals surface area contributed by atoms with Crippen molar-refractivity contribution in [2.45, 2.75) is 18.3 Å². The zero-order valence-electron chi connectivity index (χ0n) is 14.8. The molecule has 4 rings (SSSR count).